The molecular weight excluding hydrogens is 308 g/mol. The molecule has 0 saturated carbocycles. The minimum Gasteiger partial charge on any atom is -0.361 e. The van der Waals surface area contributed by atoms with E-state index in [-0.39, 0.29) is 0 Å². The summed E-state index contributed by atoms with van der Waals surface area (Å²) in [5.41, 5.74) is 1.86. The van der Waals surface area contributed by atoms with Gasteiger partial charge in [-0.3, -0.25) is 4.90 Å². The Labute approximate surface area is 139 Å². The molecule has 0 aromatic carbocycles. The van der Waals surface area contributed by atoms with Crippen molar-refractivity contribution in [2.75, 3.05) is 0 Å². The van der Waals surface area contributed by atoms with Gasteiger partial charge in [0.1, 0.15) is 23.7 Å². The molecule has 8 nitrogen and oxygen atoms in total. The Morgan fingerprint density at radius 3 is 2.38 bits per heavy atom. The van der Waals surface area contributed by atoms with E-state index in [1.807, 2.05) is 30.7 Å². The first-order valence-corrected chi connectivity index (χ1v) is 8.12. The minimum absolute atomic E-state index is 0.341. The second-order valence-electron chi connectivity index (χ2n) is 6.31. The van der Waals surface area contributed by atoms with Gasteiger partial charge in [-0.15, -0.1) is 0 Å². The number of rotatable bonds is 5. The van der Waals surface area contributed by atoms with Gasteiger partial charge >= 0.3 is 0 Å². The van der Waals surface area contributed by atoms with Crippen LogP contribution in [0.3, 0.4) is 0 Å². The Kier molecular flexibility index (Phi) is 3.89. The van der Waals surface area contributed by atoms with Crippen molar-refractivity contribution in [3.8, 4) is 0 Å². The summed E-state index contributed by atoms with van der Waals surface area (Å²) in [6, 6.07) is 4.29. The molecule has 8 heteroatoms. The minimum atomic E-state index is 0.341. The first-order valence-electron chi connectivity index (χ1n) is 8.12. The van der Waals surface area contributed by atoms with Crippen molar-refractivity contribution >= 4 is 0 Å². The first kappa shape index (κ1) is 15.1. The molecule has 0 spiro atoms. The molecule has 0 amide bonds. The summed E-state index contributed by atoms with van der Waals surface area (Å²) in [6.07, 6.45) is 3.59. The van der Waals surface area contributed by atoms with Gasteiger partial charge in [0.2, 0.25) is 0 Å². The van der Waals surface area contributed by atoms with Crippen molar-refractivity contribution < 1.29 is 9.05 Å². The highest BCUT2D eigenvalue weighted by molar-refractivity contribution is 5.07. The number of hydrogen-bond acceptors (Lipinski definition) is 7. The van der Waals surface area contributed by atoms with Gasteiger partial charge in [0, 0.05) is 37.7 Å². The molecule has 1 unspecified atom stereocenters. The van der Waals surface area contributed by atoms with Crippen LogP contribution >= 0.6 is 0 Å². The Bertz CT molecular complexity index is 778. The van der Waals surface area contributed by atoms with Crippen molar-refractivity contribution in [2.45, 2.75) is 52.4 Å². The van der Waals surface area contributed by atoms with E-state index in [4.69, 9.17) is 9.05 Å². The van der Waals surface area contributed by atoms with E-state index in [0.717, 1.165) is 48.1 Å². The molecule has 1 atom stereocenters. The molecule has 0 radical (unpaired) electrons. The number of aromatic nitrogens is 5. The third kappa shape index (κ3) is 3.09. The topological polar surface area (TPSA) is 86.0 Å². The zero-order chi connectivity index (χ0) is 16.5. The Morgan fingerprint density at radius 1 is 1.12 bits per heavy atom. The number of hydrogen-bond donors (Lipinski definition) is 0. The van der Waals surface area contributed by atoms with Crippen LogP contribution in [0.15, 0.2) is 27.5 Å². The van der Waals surface area contributed by atoms with Crippen molar-refractivity contribution in [2.24, 2.45) is 0 Å². The monoisotopic (exact) mass is 328 g/mol. The summed E-state index contributed by atoms with van der Waals surface area (Å²) in [5, 5.41) is 12.6. The normalized spacial score (nSPS) is 17.4. The summed E-state index contributed by atoms with van der Waals surface area (Å²) in [5.74, 6) is 2.70. The van der Waals surface area contributed by atoms with E-state index in [0.29, 0.717) is 19.1 Å². The molecule has 0 aliphatic carbocycles. The maximum absolute atomic E-state index is 5.21. The zero-order valence-electron chi connectivity index (χ0n) is 13.8. The molecule has 126 valence electrons. The summed E-state index contributed by atoms with van der Waals surface area (Å²) in [6.45, 7) is 6.05. The lowest BCUT2D eigenvalue weighted by Crippen LogP contribution is -2.41. The summed E-state index contributed by atoms with van der Waals surface area (Å²) in [7, 11) is 0. The van der Waals surface area contributed by atoms with Gasteiger partial charge in [0.25, 0.3) is 0 Å². The van der Waals surface area contributed by atoms with E-state index in [1.165, 1.54) is 0 Å². The fourth-order valence-corrected chi connectivity index (χ4v) is 3.23. The van der Waals surface area contributed by atoms with Crippen molar-refractivity contribution in [1.29, 1.82) is 0 Å². The van der Waals surface area contributed by atoms with Crippen molar-refractivity contribution in [3.63, 3.8) is 0 Å². The van der Waals surface area contributed by atoms with Crippen LogP contribution in [0, 0.1) is 13.8 Å². The highest BCUT2D eigenvalue weighted by Gasteiger charge is 2.27. The molecule has 4 rings (SSSR count). The van der Waals surface area contributed by atoms with Crippen LogP contribution in [0.25, 0.3) is 0 Å². The van der Waals surface area contributed by atoms with Gasteiger partial charge in [0.05, 0.1) is 17.9 Å². The average Bonchev–Trinajstić information content (AvgIpc) is 3.28. The predicted molar refractivity (Wildman–Crippen MR) is 83.9 cm³/mol. The fraction of sp³-hybridized carbons (Fsp3) is 0.500. The van der Waals surface area contributed by atoms with Crippen LogP contribution in [-0.4, -0.2) is 36.0 Å². The van der Waals surface area contributed by atoms with Gasteiger partial charge in [-0.1, -0.05) is 10.3 Å². The quantitative estimate of drug-likeness (QED) is 0.707. The van der Waals surface area contributed by atoms with Crippen molar-refractivity contribution in [3.05, 3.63) is 47.2 Å². The van der Waals surface area contributed by atoms with Gasteiger partial charge in [-0.2, -0.15) is 5.10 Å². The maximum atomic E-state index is 5.21. The highest BCUT2D eigenvalue weighted by Crippen LogP contribution is 2.21. The van der Waals surface area contributed by atoms with Crippen LogP contribution in [-0.2, 0) is 26.1 Å². The molecule has 0 N–H and O–H groups in total. The van der Waals surface area contributed by atoms with Gasteiger partial charge in [0.15, 0.2) is 0 Å². The predicted octanol–water partition coefficient (Wildman–Crippen LogP) is 1.89. The molecule has 24 heavy (non-hydrogen) atoms. The number of fused-ring (bicyclic) bond motifs is 1. The lowest BCUT2D eigenvalue weighted by Gasteiger charge is -2.33. The molecular formula is C16H20N6O2. The summed E-state index contributed by atoms with van der Waals surface area (Å²) in [4.78, 5) is 6.66. The van der Waals surface area contributed by atoms with E-state index in [9.17, 15) is 0 Å². The van der Waals surface area contributed by atoms with E-state index in [2.05, 4.69) is 25.3 Å². The molecule has 3 aromatic heterocycles. The summed E-state index contributed by atoms with van der Waals surface area (Å²) < 4.78 is 12.4. The lowest BCUT2D eigenvalue weighted by atomic mass is 10.0. The lowest BCUT2D eigenvalue weighted by molar-refractivity contribution is 0.128. The number of aryl methyl sites for hydroxylation is 3. The van der Waals surface area contributed by atoms with Crippen LogP contribution in [0.2, 0.25) is 0 Å². The van der Waals surface area contributed by atoms with Crippen LogP contribution in [0.5, 0.6) is 0 Å². The molecule has 1 aliphatic heterocycles. The Balaban J connectivity index is 1.55. The van der Waals surface area contributed by atoms with E-state index >= 15 is 0 Å². The van der Waals surface area contributed by atoms with Gasteiger partial charge in [-0.25, -0.2) is 9.67 Å². The molecule has 1 aliphatic rings. The van der Waals surface area contributed by atoms with Gasteiger partial charge in [-0.05, 0) is 20.3 Å². The van der Waals surface area contributed by atoms with Crippen molar-refractivity contribution in [1.82, 2.24) is 30.0 Å². The second-order valence-corrected chi connectivity index (χ2v) is 6.31. The zero-order valence-corrected chi connectivity index (χ0v) is 13.8. The molecule has 4 heterocycles. The SMILES string of the molecule is Cc1cc(CN(Cc2cc(C)on2)C2CCc3ncnn3C2)no1. The Morgan fingerprint density at radius 2 is 1.79 bits per heavy atom. The molecule has 0 bridgehead atoms. The highest BCUT2D eigenvalue weighted by atomic mass is 16.5. The third-order valence-electron chi connectivity index (χ3n) is 4.38. The smallest absolute Gasteiger partial charge is 0.138 e. The molecule has 0 saturated heterocycles. The van der Waals surface area contributed by atoms with Crippen LogP contribution < -0.4 is 0 Å². The standard InChI is InChI=1S/C16H20N6O2/c1-11-5-13(19-23-11)7-21(8-14-6-12(2)24-20-14)15-3-4-16-17-10-18-22(16)9-15/h5-6,10,15H,3-4,7-9H2,1-2H3. The average molecular weight is 328 g/mol. The fourth-order valence-electron chi connectivity index (χ4n) is 3.23. The molecule has 0 fully saturated rings. The second kappa shape index (κ2) is 6.20. The maximum Gasteiger partial charge on any atom is 0.138 e. The van der Waals surface area contributed by atoms with Crippen LogP contribution in [0.1, 0.15) is 35.2 Å². The van der Waals surface area contributed by atoms with Crippen LogP contribution in [0.4, 0.5) is 0 Å². The third-order valence-corrected chi connectivity index (χ3v) is 4.38. The van der Waals surface area contributed by atoms with Gasteiger partial charge < -0.3 is 9.05 Å². The first-order chi connectivity index (χ1) is 11.7. The number of nitrogens with zero attached hydrogens (tertiary/aromatic N) is 6. The Hall–Kier alpha value is -2.48. The summed E-state index contributed by atoms with van der Waals surface area (Å²) >= 11 is 0. The molecule has 3 aromatic rings. The van der Waals surface area contributed by atoms with E-state index in [1.54, 1.807) is 6.33 Å². The largest absolute Gasteiger partial charge is 0.361 e. The van der Waals surface area contributed by atoms with E-state index < -0.39 is 0 Å².